The van der Waals surface area contributed by atoms with Gasteiger partial charge in [-0.3, -0.25) is 32.5 Å². The predicted molar refractivity (Wildman–Crippen MR) is 371 cm³/mol. The van der Waals surface area contributed by atoms with Crippen molar-refractivity contribution in [1.82, 2.24) is 0 Å². The molecular weight excluding hydrogens is 1190 g/mol. The van der Waals surface area contributed by atoms with Gasteiger partial charge in [-0.15, -0.1) is 0 Å². The summed E-state index contributed by atoms with van der Waals surface area (Å²) in [4.78, 5) is 58.4. The molecule has 0 aromatic carbocycles. The second-order valence-corrected chi connectivity index (χ2v) is 25.1. The minimum atomic E-state index is -4.94. The van der Waals surface area contributed by atoms with Crippen molar-refractivity contribution >= 4 is 33.6 Å². The van der Waals surface area contributed by atoms with Crippen molar-refractivity contribution in [2.75, 3.05) is 39.6 Å². The van der Waals surface area contributed by atoms with Crippen LogP contribution in [0.3, 0.4) is 0 Å². The highest BCUT2D eigenvalue weighted by molar-refractivity contribution is 7.47. The Hall–Kier alpha value is -4.57. The number of allylic oxidation sites excluding steroid dienone is 24. The van der Waals surface area contributed by atoms with Crippen molar-refractivity contribution in [3.63, 3.8) is 0 Å². The first kappa shape index (κ1) is 86.4. The number of hydrogen-bond donors (Lipinski definition) is 4. The molecule has 18 heteroatoms. The van der Waals surface area contributed by atoms with Gasteiger partial charge in [0.1, 0.15) is 25.4 Å². The fourth-order valence-electron chi connectivity index (χ4n) is 8.42. The van der Waals surface area contributed by atoms with Crippen molar-refractivity contribution in [2.24, 2.45) is 0 Å². The van der Waals surface area contributed by atoms with E-state index in [4.69, 9.17) is 32.3 Å². The van der Waals surface area contributed by atoms with Crippen LogP contribution in [-0.4, -0.2) is 95.9 Å². The monoisotopic (exact) mass is 1310 g/mol. The van der Waals surface area contributed by atoms with E-state index < -0.39 is 91.5 Å². The minimum absolute atomic E-state index is 0.0763. The van der Waals surface area contributed by atoms with Gasteiger partial charge >= 0.3 is 33.6 Å². The van der Waals surface area contributed by atoms with Gasteiger partial charge < -0.3 is 34.2 Å². The third-order valence-electron chi connectivity index (χ3n) is 13.5. The fourth-order valence-corrected chi connectivity index (χ4v) is 10.0. The summed E-state index contributed by atoms with van der Waals surface area (Å²) in [5, 5.41) is 20.5. The Kier molecular flexibility index (Phi) is 62.2. The molecule has 4 N–H and O–H groups in total. The normalized spacial score (nSPS) is 15.1. The number of esters is 3. The van der Waals surface area contributed by atoms with Crippen molar-refractivity contribution in [2.45, 2.75) is 257 Å². The molecule has 0 aromatic heterocycles. The summed E-state index contributed by atoms with van der Waals surface area (Å²) in [5.41, 5.74) is 0. The van der Waals surface area contributed by atoms with Crippen LogP contribution in [0.15, 0.2) is 146 Å². The van der Waals surface area contributed by atoms with Gasteiger partial charge in [0, 0.05) is 19.3 Å². The lowest BCUT2D eigenvalue weighted by molar-refractivity contribution is -0.161. The summed E-state index contributed by atoms with van der Waals surface area (Å²) >= 11 is 0. The molecule has 0 saturated carbocycles. The Morgan fingerprint density at radius 2 is 0.549 bits per heavy atom. The zero-order valence-electron chi connectivity index (χ0n) is 56.0. The van der Waals surface area contributed by atoms with Gasteiger partial charge in [0.15, 0.2) is 6.10 Å². The maximum absolute atomic E-state index is 12.9. The van der Waals surface area contributed by atoms with Gasteiger partial charge in [-0.1, -0.05) is 231 Å². The summed E-state index contributed by atoms with van der Waals surface area (Å²) in [6, 6.07) is 0. The van der Waals surface area contributed by atoms with E-state index in [1.807, 2.05) is 0 Å². The minimum Gasteiger partial charge on any atom is -0.463 e. The van der Waals surface area contributed by atoms with Crippen molar-refractivity contribution in [3.05, 3.63) is 146 Å². The van der Waals surface area contributed by atoms with Gasteiger partial charge in [0.2, 0.25) is 0 Å². The number of aliphatic hydroxyl groups excluding tert-OH is 2. The predicted octanol–water partition coefficient (Wildman–Crippen LogP) is 19.0. The number of rotatable bonds is 63. The van der Waals surface area contributed by atoms with E-state index in [0.29, 0.717) is 19.3 Å². The first-order valence-corrected chi connectivity index (χ1v) is 37.1. The highest BCUT2D eigenvalue weighted by Gasteiger charge is 2.29. The molecule has 91 heavy (non-hydrogen) atoms. The molecule has 5 atom stereocenters. The van der Waals surface area contributed by atoms with E-state index in [1.165, 1.54) is 0 Å². The fraction of sp³-hybridized carbons (Fsp3) is 0.630. The smallest absolute Gasteiger partial charge is 0.463 e. The van der Waals surface area contributed by atoms with Gasteiger partial charge in [0.25, 0.3) is 0 Å². The van der Waals surface area contributed by atoms with E-state index in [1.54, 1.807) is 0 Å². The number of carbonyl (C=O) groups is 3. The van der Waals surface area contributed by atoms with Gasteiger partial charge in [0.05, 0.1) is 26.4 Å². The highest BCUT2D eigenvalue weighted by Crippen LogP contribution is 2.45. The molecule has 0 bridgehead atoms. The Morgan fingerprint density at radius 1 is 0.308 bits per heavy atom. The molecule has 0 radical (unpaired) electrons. The Labute approximate surface area is 549 Å². The molecular formula is C73H120O16P2. The third-order valence-corrected chi connectivity index (χ3v) is 15.4. The molecule has 0 aromatic rings. The van der Waals surface area contributed by atoms with Gasteiger partial charge in [-0.05, 0) is 135 Å². The van der Waals surface area contributed by atoms with E-state index in [9.17, 15) is 43.5 Å². The first-order chi connectivity index (χ1) is 44.2. The van der Waals surface area contributed by atoms with Crippen LogP contribution in [0.25, 0.3) is 0 Å². The Morgan fingerprint density at radius 3 is 0.868 bits per heavy atom. The zero-order valence-corrected chi connectivity index (χ0v) is 57.7. The second kappa shape index (κ2) is 65.5. The summed E-state index contributed by atoms with van der Waals surface area (Å²) in [6.45, 7) is 2.24. The number of hydrogen-bond acceptors (Lipinski definition) is 14. The number of carbonyl (C=O) groups excluding carboxylic acids is 3. The van der Waals surface area contributed by atoms with E-state index >= 15 is 0 Å². The topological polar surface area (TPSA) is 231 Å². The van der Waals surface area contributed by atoms with Crippen LogP contribution in [-0.2, 0) is 55.8 Å². The van der Waals surface area contributed by atoms with Crippen LogP contribution in [0.5, 0.6) is 0 Å². The van der Waals surface area contributed by atoms with Crippen molar-refractivity contribution < 1.29 is 75.8 Å². The largest absolute Gasteiger partial charge is 0.472 e. The molecule has 0 aliphatic carbocycles. The summed E-state index contributed by atoms with van der Waals surface area (Å²) in [6.07, 6.45) is 77.5. The van der Waals surface area contributed by atoms with Crippen LogP contribution in [0.2, 0.25) is 0 Å². The SMILES string of the molecule is CC/C=C\C/C=C\C/C=C\C/C=C\C/C=C\CCCCCCCC(=O)OCC(O)COP(=O)(O)OCC(O)COP(=O)(O)OCC(COC(=O)CCCCCCCC/C=C\C/C=C\C/C=C\C/C=C\CC)OC(=O)CCCCCCC/C=C\C/C=C\C/C=C\CC. The van der Waals surface area contributed by atoms with E-state index in [0.717, 1.165) is 180 Å². The summed E-state index contributed by atoms with van der Waals surface area (Å²) < 4.78 is 60.9. The lowest BCUT2D eigenvalue weighted by Gasteiger charge is -2.21. The molecule has 0 saturated heterocycles. The molecule has 518 valence electrons. The Balaban J connectivity index is 4.72. The number of phosphoric acid groups is 2. The standard InChI is InChI=1S/C73H120O16P2/c1-4-7-10-13-16-19-22-25-28-30-32-33-35-37-39-41-44-47-50-53-56-59-71(76)83-62-68(74)63-85-90(79,80)86-64-69(75)65-87-91(81,82)88-67-70(89-73(78)61-58-55-52-49-46-43-38-27-24-21-18-15-12-9-6-3)66-84-72(77)60-57-54-51-48-45-42-40-36-34-31-29-26-23-20-17-14-11-8-5-2/h7-12,16-21,25-29,32-34,36-39,68-70,74-75H,4-6,13-15,22-24,30-31,35,40-67H2,1-3H3,(H,79,80)(H,81,82)/b10-7-,11-8-,12-9-,19-16-,20-17-,21-18-,28-25-,29-26-,33-32-,36-34-,38-27-,39-37-. The lowest BCUT2D eigenvalue weighted by atomic mass is 10.1. The molecule has 16 nitrogen and oxygen atoms in total. The average Bonchev–Trinajstić information content (AvgIpc) is 3.09. The molecule has 0 heterocycles. The van der Waals surface area contributed by atoms with Gasteiger partial charge in [-0.25, -0.2) is 9.13 Å². The molecule has 0 rings (SSSR count). The van der Waals surface area contributed by atoms with Crippen LogP contribution < -0.4 is 0 Å². The van der Waals surface area contributed by atoms with Gasteiger partial charge in [-0.2, -0.15) is 0 Å². The lowest BCUT2D eigenvalue weighted by Crippen LogP contribution is -2.30. The van der Waals surface area contributed by atoms with Crippen LogP contribution in [0.1, 0.15) is 239 Å². The quantitative estimate of drug-likeness (QED) is 0.0146. The van der Waals surface area contributed by atoms with Crippen LogP contribution in [0, 0.1) is 0 Å². The number of ether oxygens (including phenoxy) is 3. The highest BCUT2D eigenvalue weighted by atomic mass is 31.2. The van der Waals surface area contributed by atoms with Crippen molar-refractivity contribution in [1.29, 1.82) is 0 Å². The number of aliphatic hydroxyl groups is 2. The molecule has 0 spiro atoms. The summed E-state index contributed by atoms with van der Waals surface area (Å²) in [5.74, 6) is -1.64. The van der Waals surface area contributed by atoms with Crippen LogP contribution in [0.4, 0.5) is 0 Å². The van der Waals surface area contributed by atoms with Crippen molar-refractivity contribution in [3.8, 4) is 0 Å². The van der Waals surface area contributed by atoms with Crippen LogP contribution >= 0.6 is 15.6 Å². The average molecular weight is 1320 g/mol. The number of phosphoric ester groups is 2. The van der Waals surface area contributed by atoms with E-state index in [-0.39, 0.29) is 19.3 Å². The molecule has 0 aliphatic heterocycles. The first-order valence-electron chi connectivity index (χ1n) is 34.1. The maximum Gasteiger partial charge on any atom is 0.472 e. The second-order valence-electron chi connectivity index (χ2n) is 22.2. The van der Waals surface area contributed by atoms with E-state index in [2.05, 4.69) is 167 Å². The maximum atomic E-state index is 12.9. The number of unbranched alkanes of at least 4 members (excludes halogenated alkanes) is 16. The Bertz CT molecular complexity index is 2240. The molecule has 0 fully saturated rings. The zero-order chi connectivity index (χ0) is 66.7. The third kappa shape index (κ3) is 66.7. The summed E-state index contributed by atoms with van der Waals surface area (Å²) in [7, 11) is -9.80. The molecule has 0 aliphatic rings. The molecule has 5 unspecified atom stereocenters. The molecule has 0 amide bonds.